The number of amides is 1. The molecule has 3 aromatic rings. The van der Waals surface area contributed by atoms with Crippen LogP contribution in [-0.4, -0.2) is 35.4 Å². The van der Waals surface area contributed by atoms with Crippen molar-refractivity contribution in [3.05, 3.63) is 76.9 Å². The highest BCUT2D eigenvalue weighted by atomic mass is 35.5. The van der Waals surface area contributed by atoms with Gasteiger partial charge in [0.15, 0.2) is 6.61 Å². The van der Waals surface area contributed by atoms with Crippen LogP contribution in [0.15, 0.2) is 60.8 Å². The Hall–Kier alpha value is -3.32. The van der Waals surface area contributed by atoms with Crippen LogP contribution in [0.25, 0.3) is 0 Å². The summed E-state index contributed by atoms with van der Waals surface area (Å²) >= 11 is 6.18. The number of nitrogens with one attached hydrogen (secondary N) is 1. The van der Waals surface area contributed by atoms with E-state index in [2.05, 4.69) is 15.2 Å². The van der Waals surface area contributed by atoms with E-state index in [1.54, 1.807) is 47.3 Å². The van der Waals surface area contributed by atoms with Gasteiger partial charge in [0.25, 0.3) is 5.91 Å². The van der Waals surface area contributed by atoms with E-state index in [1.807, 2.05) is 18.2 Å². The number of anilines is 1. The second kappa shape index (κ2) is 9.05. The number of carbonyl (C=O) groups excluding carboxylic acids is 2. The van der Waals surface area contributed by atoms with Crippen LogP contribution in [0.5, 0.6) is 5.75 Å². The molecule has 0 bridgehead atoms. The zero-order chi connectivity index (χ0) is 19.9. The Kier molecular flexibility index (Phi) is 6.29. The molecule has 0 saturated carbocycles. The van der Waals surface area contributed by atoms with Gasteiger partial charge in [0.1, 0.15) is 11.6 Å². The van der Waals surface area contributed by atoms with Crippen molar-refractivity contribution in [1.29, 1.82) is 0 Å². The van der Waals surface area contributed by atoms with E-state index in [9.17, 15) is 9.59 Å². The first-order valence-electron chi connectivity index (χ1n) is 8.43. The lowest BCUT2D eigenvalue weighted by Gasteiger charge is -2.11. The standard InChI is InChI=1S/C20H18ClN3O4/c1-27-20(26)14-6-8-16(9-7-14)28-13-19(25)23-18-10-11-22-24(18)12-15-4-2-3-5-17(15)21/h2-11H,12-13H2,1H3,(H,23,25). The number of halogens is 1. The molecule has 0 radical (unpaired) electrons. The Balaban J connectivity index is 1.56. The molecule has 0 unspecified atom stereocenters. The zero-order valence-corrected chi connectivity index (χ0v) is 15.8. The Labute approximate surface area is 166 Å². The molecule has 7 nitrogen and oxygen atoms in total. The van der Waals surface area contributed by atoms with E-state index in [-0.39, 0.29) is 12.5 Å². The molecular weight excluding hydrogens is 382 g/mol. The first-order valence-corrected chi connectivity index (χ1v) is 8.81. The number of hydrogen-bond acceptors (Lipinski definition) is 5. The fourth-order valence-corrected chi connectivity index (χ4v) is 2.68. The molecule has 2 aromatic carbocycles. The first-order chi connectivity index (χ1) is 13.6. The number of hydrogen-bond donors (Lipinski definition) is 1. The third kappa shape index (κ3) is 4.89. The van der Waals surface area contributed by atoms with Gasteiger partial charge in [-0.15, -0.1) is 0 Å². The molecule has 8 heteroatoms. The smallest absolute Gasteiger partial charge is 0.337 e. The number of aromatic nitrogens is 2. The number of methoxy groups -OCH3 is 1. The van der Waals surface area contributed by atoms with Crippen molar-refractivity contribution in [2.45, 2.75) is 6.54 Å². The maximum atomic E-state index is 12.2. The van der Waals surface area contributed by atoms with Crippen LogP contribution in [0.2, 0.25) is 5.02 Å². The van der Waals surface area contributed by atoms with Crippen LogP contribution in [0.3, 0.4) is 0 Å². The number of carbonyl (C=O) groups is 2. The summed E-state index contributed by atoms with van der Waals surface area (Å²) in [5.41, 5.74) is 1.30. The molecule has 1 amide bonds. The molecule has 1 aromatic heterocycles. The number of ether oxygens (including phenoxy) is 2. The highest BCUT2D eigenvalue weighted by molar-refractivity contribution is 6.31. The number of nitrogens with zero attached hydrogens (tertiary/aromatic N) is 2. The van der Waals surface area contributed by atoms with Gasteiger partial charge in [0.2, 0.25) is 0 Å². The molecule has 0 aliphatic rings. The summed E-state index contributed by atoms with van der Waals surface area (Å²) < 4.78 is 11.7. The first kappa shape index (κ1) is 19.4. The Morgan fingerprint density at radius 2 is 1.86 bits per heavy atom. The number of esters is 1. The van der Waals surface area contributed by atoms with Crippen molar-refractivity contribution in [3.8, 4) is 5.75 Å². The summed E-state index contributed by atoms with van der Waals surface area (Å²) in [7, 11) is 1.31. The van der Waals surface area contributed by atoms with Gasteiger partial charge >= 0.3 is 5.97 Å². The summed E-state index contributed by atoms with van der Waals surface area (Å²) in [6.45, 7) is 0.243. The van der Waals surface area contributed by atoms with Gasteiger partial charge in [-0.2, -0.15) is 5.10 Å². The molecule has 0 spiro atoms. The minimum absolute atomic E-state index is 0.186. The van der Waals surface area contributed by atoms with Gasteiger partial charge in [0, 0.05) is 11.1 Å². The predicted molar refractivity (Wildman–Crippen MR) is 105 cm³/mol. The van der Waals surface area contributed by atoms with Gasteiger partial charge in [-0.3, -0.25) is 4.79 Å². The summed E-state index contributed by atoms with van der Waals surface area (Å²) in [5, 5.41) is 7.61. The molecule has 1 N–H and O–H groups in total. The van der Waals surface area contributed by atoms with E-state index in [1.165, 1.54) is 7.11 Å². The third-order valence-electron chi connectivity index (χ3n) is 3.91. The van der Waals surface area contributed by atoms with Gasteiger partial charge < -0.3 is 14.8 Å². The summed E-state index contributed by atoms with van der Waals surface area (Å²) in [4.78, 5) is 23.6. The average Bonchev–Trinajstić information content (AvgIpc) is 3.14. The molecule has 0 aliphatic carbocycles. The van der Waals surface area contributed by atoms with Gasteiger partial charge in [-0.05, 0) is 35.9 Å². The van der Waals surface area contributed by atoms with Crippen molar-refractivity contribution >= 4 is 29.3 Å². The Morgan fingerprint density at radius 1 is 1.11 bits per heavy atom. The van der Waals surface area contributed by atoms with Crippen molar-refractivity contribution in [2.24, 2.45) is 0 Å². The molecular formula is C20H18ClN3O4. The topological polar surface area (TPSA) is 82.4 Å². The monoisotopic (exact) mass is 399 g/mol. The predicted octanol–water partition coefficient (Wildman–Crippen LogP) is 3.39. The lowest BCUT2D eigenvalue weighted by Crippen LogP contribution is -2.22. The zero-order valence-electron chi connectivity index (χ0n) is 15.1. The molecule has 144 valence electrons. The van der Waals surface area contributed by atoms with E-state index in [0.717, 1.165) is 5.56 Å². The minimum Gasteiger partial charge on any atom is -0.484 e. The maximum Gasteiger partial charge on any atom is 0.337 e. The normalized spacial score (nSPS) is 10.4. The molecule has 28 heavy (non-hydrogen) atoms. The summed E-state index contributed by atoms with van der Waals surface area (Å²) in [6.07, 6.45) is 1.60. The largest absolute Gasteiger partial charge is 0.484 e. The van der Waals surface area contributed by atoms with E-state index >= 15 is 0 Å². The lowest BCUT2D eigenvalue weighted by atomic mass is 10.2. The SMILES string of the molecule is COC(=O)c1ccc(OCC(=O)Nc2ccnn2Cc2ccccc2Cl)cc1. The second-order valence-corrected chi connectivity index (χ2v) is 6.23. The molecule has 3 rings (SSSR count). The van der Waals surface area contributed by atoms with Crippen molar-refractivity contribution in [2.75, 3.05) is 19.0 Å². The van der Waals surface area contributed by atoms with Crippen LogP contribution in [-0.2, 0) is 16.1 Å². The lowest BCUT2D eigenvalue weighted by molar-refractivity contribution is -0.118. The number of rotatable bonds is 7. The molecule has 1 heterocycles. The van der Waals surface area contributed by atoms with E-state index in [0.29, 0.717) is 28.7 Å². The molecule has 0 aliphatic heterocycles. The second-order valence-electron chi connectivity index (χ2n) is 5.82. The van der Waals surface area contributed by atoms with Crippen LogP contribution >= 0.6 is 11.6 Å². The maximum absolute atomic E-state index is 12.2. The van der Waals surface area contributed by atoms with Gasteiger partial charge in [-0.1, -0.05) is 29.8 Å². The minimum atomic E-state index is -0.434. The fraction of sp³-hybridized carbons (Fsp3) is 0.150. The quantitative estimate of drug-likeness (QED) is 0.616. The summed E-state index contributed by atoms with van der Waals surface area (Å²) in [6, 6.07) is 15.5. The Bertz CT molecular complexity index is 970. The molecule has 0 fully saturated rings. The van der Waals surface area contributed by atoms with Gasteiger partial charge in [-0.25, -0.2) is 9.48 Å². The number of benzene rings is 2. The van der Waals surface area contributed by atoms with Gasteiger partial charge in [0.05, 0.1) is 25.4 Å². The van der Waals surface area contributed by atoms with Crippen LogP contribution in [0, 0.1) is 0 Å². The van der Waals surface area contributed by atoms with Crippen LogP contribution in [0.1, 0.15) is 15.9 Å². The van der Waals surface area contributed by atoms with E-state index in [4.69, 9.17) is 16.3 Å². The van der Waals surface area contributed by atoms with E-state index < -0.39 is 5.97 Å². The van der Waals surface area contributed by atoms with Crippen LogP contribution < -0.4 is 10.1 Å². The van der Waals surface area contributed by atoms with Crippen LogP contribution in [0.4, 0.5) is 5.82 Å². The fourth-order valence-electron chi connectivity index (χ4n) is 2.49. The third-order valence-corrected chi connectivity index (χ3v) is 4.28. The summed E-state index contributed by atoms with van der Waals surface area (Å²) in [5.74, 6) is 0.232. The average molecular weight is 400 g/mol. The van der Waals surface area contributed by atoms with Crippen molar-refractivity contribution < 1.29 is 19.1 Å². The Morgan fingerprint density at radius 3 is 2.57 bits per heavy atom. The molecule has 0 saturated heterocycles. The molecule has 0 atom stereocenters. The highest BCUT2D eigenvalue weighted by Crippen LogP contribution is 2.18. The van der Waals surface area contributed by atoms with Crippen molar-refractivity contribution in [1.82, 2.24) is 9.78 Å². The van der Waals surface area contributed by atoms with Crippen molar-refractivity contribution in [3.63, 3.8) is 0 Å². The highest BCUT2D eigenvalue weighted by Gasteiger charge is 2.10.